The van der Waals surface area contributed by atoms with Gasteiger partial charge in [0.25, 0.3) is 5.91 Å². The minimum atomic E-state index is -1.20. The summed E-state index contributed by atoms with van der Waals surface area (Å²) in [5, 5.41) is 7.41. The predicted molar refractivity (Wildman–Crippen MR) is 122 cm³/mol. The molecule has 4 amide bonds. The van der Waals surface area contributed by atoms with Crippen molar-refractivity contribution in [2.75, 3.05) is 0 Å². The fourth-order valence-corrected chi connectivity index (χ4v) is 3.96. The van der Waals surface area contributed by atoms with Crippen LogP contribution in [-0.4, -0.2) is 28.0 Å². The number of aromatic nitrogens is 1. The Morgan fingerprint density at radius 2 is 1.82 bits per heavy atom. The number of carbonyl (C=O) groups excluding carboxylic acids is 3. The number of rotatable bonds is 8. The summed E-state index contributed by atoms with van der Waals surface area (Å²) in [6.45, 7) is 5.82. The first-order valence-electron chi connectivity index (χ1n) is 11.0. The number of nitrogens with one attached hydrogen (secondary N) is 2. The third-order valence-electron chi connectivity index (χ3n) is 5.98. The number of amides is 4. The Bertz CT molecular complexity index is 1190. The lowest BCUT2D eigenvalue weighted by Gasteiger charge is -2.25. The van der Waals surface area contributed by atoms with E-state index in [1.165, 1.54) is 0 Å². The zero-order valence-electron chi connectivity index (χ0n) is 19.3. The van der Waals surface area contributed by atoms with E-state index < -0.39 is 23.4 Å². The number of imide groups is 1. The topological polar surface area (TPSA) is 114 Å². The summed E-state index contributed by atoms with van der Waals surface area (Å²) in [7, 11) is 0. The lowest BCUT2D eigenvalue weighted by atomic mass is 9.87. The van der Waals surface area contributed by atoms with Crippen molar-refractivity contribution in [3.63, 3.8) is 0 Å². The van der Waals surface area contributed by atoms with Crippen LogP contribution in [0.3, 0.4) is 0 Å². The average molecular weight is 463 g/mol. The van der Waals surface area contributed by atoms with Gasteiger partial charge in [0.05, 0.1) is 17.7 Å². The van der Waals surface area contributed by atoms with Crippen LogP contribution in [0.15, 0.2) is 59.1 Å². The molecular formula is C25H26N4O5. The fourth-order valence-electron chi connectivity index (χ4n) is 3.96. The first-order valence-corrected chi connectivity index (χ1v) is 11.0. The molecule has 9 heteroatoms. The van der Waals surface area contributed by atoms with Crippen molar-refractivity contribution in [2.45, 2.75) is 45.8 Å². The Morgan fingerprint density at radius 3 is 2.44 bits per heavy atom. The predicted octanol–water partition coefficient (Wildman–Crippen LogP) is 3.30. The molecule has 0 spiro atoms. The van der Waals surface area contributed by atoms with Gasteiger partial charge in [-0.2, -0.15) is 5.01 Å². The molecule has 1 aliphatic rings. The first-order chi connectivity index (χ1) is 16.3. The van der Waals surface area contributed by atoms with Crippen LogP contribution >= 0.6 is 0 Å². The molecule has 4 rings (SSSR count). The number of aryl methyl sites for hydroxylation is 2. The van der Waals surface area contributed by atoms with E-state index in [-0.39, 0.29) is 6.42 Å². The maximum atomic E-state index is 13.1. The van der Waals surface area contributed by atoms with Crippen molar-refractivity contribution in [1.29, 1.82) is 0 Å². The van der Waals surface area contributed by atoms with Crippen molar-refractivity contribution >= 4 is 17.8 Å². The highest BCUT2D eigenvalue weighted by molar-refractivity contribution is 6.08. The maximum Gasteiger partial charge on any atom is 0.344 e. The second-order valence-corrected chi connectivity index (χ2v) is 8.14. The van der Waals surface area contributed by atoms with Crippen LogP contribution in [0.25, 0.3) is 0 Å². The molecule has 1 aliphatic heterocycles. The quantitative estimate of drug-likeness (QED) is 0.497. The molecule has 1 fully saturated rings. The number of ether oxygens (including phenoxy) is 1. The SMILES string of the molecule is CC[C@@]1(c2ccccc2)NC(=O)N(NC(=O)Cc2ccc(OCc3c(C)noc3C)cc2)C1=O. The van der Waals surface area contributed by atoms with Crippen LogP contribution in [0, 0.1) is 13.8 Å². The van der Waals surface area contributed by atoms with Gasteiger partial charge in [-0.3, -0.25) is 15.0 Å². The summed E-state index contributed by atoms with van der Waals surface area (Å²) in [6.07, 6.45) is 0.342. The van der Waals surface area contributed by atoms with Crippen molar-refractivity contribution in [3.8, 4) is 5.75 Å². The van der Waals surface area contributed by atoms with Gasteiger partial charge in [0.2, 0.25) is 5.91 Å². The second kappa shape index (κ2) is 9.38. The number of hydrogen-bond acceptors (Lipinski definition) is 6. The molecule has 1 atom stereocenters. The Hall–Kier alpha value is -4.14. The van der Waals surface area contributed by atoms with Crippen LogP contribution in [0.1, 0.15) is 41.5 Å². The molecule has 34 heavy (non-hydrogen) atoms. The molecular weight excluding hydrogens is 436 g/mol. The monoisotopic (exact) mass is 462 g/mol. The van der Waals surface area contributed by atoms with Crippen LogP contribution in [0.5, 0.6) is 5.75 Å². The lowest BCUT2D eigenvalue weighted by Crippen LogP contribution is -2.49. The number of benzene rings is 2. The highest BCUT2D eigenvalue weighted by atomic mass is 16.5. The smallest absolute Gasteiger partial charge is 0.344 e. The normalized spacial score (nSPS) is 17.6. The van der Waals surface area contributed by atoms with Crippen LogP contribution < -0.4 is 15.5 Å². The molecule has 9 nitrogen and oxygen atoms in total. The third-order valence-corrected chi connectivity index (χ3v) is 5.98. The van der Waals surface area contributed by atoms with Gasteiger partial charge < -0.3 is 14.6 Å². The van der Waals surface area contributed by atoms with Crippen molar-refractivity contribution in [1.82, 2.24) is 20.9 Å². The molecule has 2 heterocycles. The van der Waals surface area contributed by atoms with Crippen LogP contribution in [-0.2, 0) is 28.2 Å². The van der Waals surface area contributed by atoms with Gasteiger partial charge in [0.15, 0.2) is 0 Å². The Morgan fingerprint density at radius 1 is 1.12 bits per heavy atom. The zero-order chi connectivity index (χ0) is 24.3. The van der Waals surface area contributed by atoms with E-state index in [0.717, 1.165) is 16.3 Å². The molecule has 0 aliphatic carbocycles. The van der Waals surface area contributed by atoms with Gasteiger partial charge in [0.1, 0.15) is 23.7 Å². The van der Waals surface area contributed by atoms with E-state index in [9.17, 15) is 14.4 Å². The summed E-state index contributed by atoms with van der Waals surface area (Å²) < 4.78 is 10.9. The summed E-state index contributed by atoms with van der Waals surface area (Å²) in [4.78, 5) is 38.3. The van der Waals surface area contributed by atoms with Gasteiger partial charge in [-0.15, -0.1) is 0 Å². The lowest BCUT2D eigenvalue weighted by molar-refractivity contribution is -0.139. The number of nitrogens with zero attached hydrogens (tertiary/aromatic N) is 2. The third kappa shape index (κ3) is 4.36. The van der Waals surface area contributed by atoms with Crippen molar-refractivity contribution in [3.05, 3.63) is 82.7 Å². The van der Waals surface area contributed by atoms with Gasteiger partial charge in [-0.05, 0) is 43.5 Å². The van der Waals surface area contributed by atoms with E-state index in [1.54, 1.807) is 48.5 Å². The largest absolute Gasteiger partial charge is 0.489 e. The van der Waals surface area contributed by atoms with E-state index in [2.05, 4.69) is 15.9 Å². The highest BCUT2D eigenvalue weighted by Gasteiger charge is 2.52. The molecule has 1 aromatic heterocycles. The minimum absolute atomic E-state index is 0.00827. The van der Waals surface area contributed by atoms with Gasteiger partial charge in [0, 0.05) is 0 Å². The highest BCUT2D eigenvalue weighted by Crippen LogP contribution is 2.31. The summed E-state index contributed by atoms with van der Waals surface area (Å²) in [5.74, 6) is 0.356. The molecule has 176 valence electrons. The number of urea groups is 1. The minimum Gasteiger partial charge on any atom is -0.489 e. The Labute approximate surface area is 197 Å². The van der Waals surface area contributed by atoms with Gasteiger partial charge in [-0.1, -0.05) is 54.5 Å². The zero-order valence-corrected chi connectivity index (χ0v) is 19.3. The second-order valence-electron chi connectivity index (χ2n) is 8.14. The number of hydrazine groups is 1. The van der Waals surface area contributed by atoms with Gasteiger partial charge >= 0.3 is 6.03 Å². The first kappa shape index (κ1) is 23.0. The summed E-state index contributed by atoms with van der Waals surface area (Å²) >= 11 is 0. The summed E-state index contributed by atoms with van der Waals surface area (Å²) in [5.41, 5.74) is 4.29. The van der Waals surface area contributed by atoms with E-state index >= 15 is 0 Å². The number of hydrogen-bond donors (Lipinski definition) is 2. The number of carbonyl (C=O) groups is 3. The Balaban J connectivity index is 1.37. The van der Waals surface area contributed by atoms with Crippen LogP contribution in [0.2, 0.25) is 0 Å². The average Bonchev–Trinajstić information content (AvgIpc) is 3.29. The molecule has 2 aromatic carbocycles. The molecule has 3 aromatic rings. The van der Waals surface area contributed by atoms with E-state index in [4.69, 9.17) is 9.26 Å². The van der Waals surface area contributed by atoms with E-state index in [0.29, 0.717) is 35.7 Å². The van der Waals surface area contributed by atoms with Crippen molar-refractivity contribution in [2.24, 2.45) is 0 Å². The standard InChI is InChI=1S/C25H26N4O5/c1-4-25(19-8-6-5-7-9-19)23(31)29(24(32)26-25)27-22(30)14-18-10-12-20(13-11-18)33-15-21-16(2)28-34-17(21)3/h5-13H,4,14-15H2,1-3H3,(H,26,32)(H,27,30)/t25-/m0/s1. The van der Waals surface area contributed by atoms with Crippen molar-refractivity contribution < 1.29 is 23.6 Å². The molecule has 2 N–H and O–H groups in total. The molecule has 0 saturated carbocycles. The van der Waals surface area contributed by atoms with E-state index in [1.807, 2.05) is 26.8 Å². The molecule has 0 bridgehead atoms. The molecule has 1 saturated heterocycles. The maximum absolute atomic E-state index is 13.1. The van der Waals surface area contributed by atoms with Gasteiger partial charge in [-0.25, -0.2) is 4.79 Å². The molecule has 0 radical (unpaired) electrons. The molecule has 0 unspecified atom stereocenters. The van der Waals surface area contributed by atoms with Crippen LogP contribution in [0.4, 0.5) is 4.79 Å². The fraction of sp³-hybridized carbons (Fsp3) is 0.280. The Kier molecular flexibility index (Phi) is 6.36. The summed E-state index contributed by atoms with van der Waals surface area (Å²) in [6, 6.07) is 15.4.